The van der Waals surface area contributed by atoms with Crippen molar-refractivity contribution in [3.8, 4) is 18.4 Å². The van der Waals surface area contributed by atoms with Crippen LogP contribution in [0.3, 0.4) is 0 Å². The number of hydrogen-bond donors (Lipinski definition) is 2. The fraction of sp³-hybridized carbons (Fsp3) is 0.625. The fourth-order valence-electron chi connectivity index (χ4n) is 1.07. The van der Waals surface area contributed by atoms with Crippen LogP contribution in [0, 0.1) is 23.7 Å². The average molecular weight is 165 g/mol. The van der Waals surface area contributed by atoms with Gasteiger partial charge in [0.25, 0.3) is 0 Å². The van der Waals surface area contributed by atoms with Crippen LogP contribution in [0.2, 0.25) is 0 Å². The summed E-state index contributed by atoms with van der Waals surface area (Å²) >= 11 is 0. The molecule has 1 saturated heterocycles. The zero-order chi connectivity index (χ0) is 8.81. The Morgan fingerprint density at radius 1 is 1.50 bits per heavy atom. The molecule has 0 saturated carbocycles. The largest absolute Gasteiger partial charge is 0.348 e. The molecule has 0 spiro atoms. The van der Waals surface area contributed by atoms with Crippen LogP contribution in [0.5, 0.6) is 0 Å². The van der Waals surface area contributed by atoms with E-state index < -0.39 is 0 Å². The Hall–Kier alpha value is -1.07. The second-order valence-electron chi connectivity index (χ2n) is 2.45. The lowest BCUT2D eigenvalue weighted by Gasteiger charge is -2.28. The van der Waals surface area contributed by atoms with E-state index in [2.05, 4.69) is 22.6 Å². The maximum atomic E-state index is 8.68. The lowest BCUT2D eigenvalue weighted by Crippen LogP contribution is -2.56. The fourth-order valence-corrected chi connectivity index (χ4v) is 1.07. The Bertz CT molecular complexity index is 215. The van der Waals surface area contributed by atoms with Gasteiger partial charge in [-0.15, -0.1) is 6.42 Å². The molecule has 1 rings (SSSR count). The molecule has 0 aromatic heterocycles. The standard InChI is InChI=1S/C8H11N3O/c1-2-5-12-8-7(6-9)10-3-4-11-8/h1,7-8,10-11H,3-5H2. The Balaban J connectivity index is 2.38. The molecule has 1 fully saturated rings. The number of nitriles is 1. The monoisotopic (exact) mass is 165 g/mol. The van der Waals surface area contributed by atoms with Gasteiger partial charge < -0.3 is 4.74 Å². The van der Waals surface area contributed by atoms with E-state index in [4.69, 9.17) is 16.4 Å². The first-order chi connectivity index (χ1) is 5.88. The van der Waals surface area contributed by atoms with E-state index in [0.29, 0.717) is 0 Å². The molecule has 4 nitrogen and oxygen atoms in total. The van der Waals surface area contributed by atoms with Crippen molar-refractivity contribution in [1.82, 2.24) is 10.6 Å². The third-order valence-electron chi connectivity index (χ3n) is 1.62. The normalized spacial score (nSPS) is 28.8. The first-order valence-corrected chi connectivity index (χ1v) is 3.80. The van der Waals surface area contributed by atoms with E-state index >= 15 is 0 Å². The van der Waals surface area contributed by atoms with Crippen molar-refractivity contribution in [3.05, 3.63) is 0 Å². The Labute approximate surface area is 71.9 Å². The van der Waals surface area contributed by atoms with Crippen molar-refractivity contribution in [2.75, 3.05) is 19.7 Å². The van der Waals surface area contributed by atoms with E-state index in [9.17, 15) is 0 Å². The molecule has 0 aromatic rings. The minimum atomic E-state index is -0.299. The molecular weight excluding hydrogens is 154 g/mol. The molecule has 2 N–H and O–H groups in total. The van der Waals surface area contributed by atoms with Gasteiger partial charge in [0.1, 0.15) is 18.9 Å². The lowest BCUT2D eigenvalue weighted by molar-refractivity contribution is 0.0245. The van der Waals surface area contributed by atoms with Crippen LogP contribution in [0.4, 0.5) is 0 Å². The summed E-state index contributed by atoms with van der Waals surface area (Å²) in [5, 5.41) is 14.7. The highest BCUT2D eigenvalue weighted by atomic mass is 16.5. The van der Waals surface area contributed by atoms with E-state index in [1.54, 1.807) is 0 Å². The predicted octanol–water partition coefficient (Wildman–Crippen LogP) is -0.953. The van der Waals surface area contributed by atoms with Gasteiger partial charge in [-0.25, -0.2) is 0 Å². The molecule has 2 unspecified atom stereocenters. The van der Waals surface area contributed by atoms with Crippen LogP contribution in [-0.4, -0.2) is 32.0 Å². The van der Waals surface area contributed by atoms with Gasteiger partial charge in [0.2, 0.25) is 0 Å². The average Bonchev–Trinajstić information content (AvgIpc) is 2.15. The predicted molar refractivity (Wildman–Crippen MR) is 44.0 cm³/mol. The van der Waals surface area contributed by atoms with E-state index in [1.165, 1.54) is 0 Å². The van der Waals surface area contributed by atoms with E-state index in [1.807, 2.05) is 0 Å². The quantitative estimate of drug-likeness (QED) is 0.518. The summed E-state index contributed by atoms with van der Waals surface area (Å²) in [4.78, 5) is 0. The van der Waals surface area contributed by atoms with E-state index in [-0.39, 0.29) is 18.9 Å². The third-order valence-corrected chi connectivity index (χ3v) is 1.62. The topological polar surface area (TPSA) is 57.1 Å². The molecule has 0 amide bonds. The third kappa shape index (κ3) is 2.21. The SMILES string of the molecule is C#CCOC1NCCNC1C#N. The zero-order valence-electron chi connectivity index (χ0n) is 6.71. The molecule has 1 heterocycles. The van der Waals surface area contributed by atoms with Crippen molar-refractivity contribution < 1.29 is 4.74 Å². The summed E-state index contributed by atoms with van der Waals surface area (Å²) in [6.45, 7) is 1.82. The van der Waals surface area contributed by atoms with Crippen molar-refractivity contribution >= 4 is 0 Å². The number of piperazine rings is 1. The number of rotatable bonds is 2. The molecule has 1 aliphatic rings. The maximum absolute atomic E-state index is 8.68. The minimum Gasteiger partial charge on any atom is -0.348 e. The van der Waals surface area contributed by atoms with Gasteiger partial charge in [0.05, 0.1) is 6.07 Å². The van der Waals surface area contributed by atoms with Crippen LogP contribution in [0.1, 0.15) is 0 Å². The van der Waals surface area contributed by atoms with Crippen LogP contribution in [0.25, 0.3) is 0 Å². The summed E-state index contributed by atoms with van der Waals surface area (Å²) in [7, 11) is 0. The molecule has 4 heteroatoms. The number of terminal acetylenes is 1. The molecule has 64 valence electrons. The second-order valence-corrected chi connectivity index (χ2v) is 2.45. The minimum absolute atomic E-state index is 0.234. The van der Waals surface area contributed by atoms with Crippen molar-refractivity contribution in [1.29, 1.82) is 5.26 Å². The number of hydrogen-bond acceptors (Lipinski definition) is 4. The lowest BCUT2D eigenvalue weighted by atomic mass is 10.2. The van der Waals surface area contributed by atoms with Gasteiger partial charge in [-0.2, -0.15) is 5.26 Å². The van der Waals surface area contributed by atoms with Crippen molar-refractivity contribution in [3.63, 3.8) is 0 Å². The summed E-state index contributed by atoms with van der Waals surface area (Å²) in [5.41, 5.74) is 0. The van der Waals surface area contributed by atoms with Gasteiger partial charge >= 0.3 is 0 Å². The van der Waals surface area contributed by atoms with Crippen LogP contribution >= 0.6 is 0 Å². The highest BCUT2D eigenvalue weighted by Gasteiger charge is 2.23. The highest BCUT2D eigenvalue weighted by molar-refractivity contribution is 4.98. The molecule has 12 heavy (non-hydrogen) atoms. The molecule has 2 atom stereocenters. The van der Waals surface area contributed by atoms with Gasteiger partial charge in [-0.05, 0) is 0 Å². The smallest absolute Gasteiger partial charge is 0.138 e. The first kappa shape index (κ1) is 9.02. The summed E-state index contributed by atoms with van der Waals surface area (Å²) in [5.74, 6) is 2.36. The Morgan fingerprint density at radius 3 is 2.92 bits per heavy atom. The summed E-state index contributed by atoms with van der Waals surface area (Å²) in [6, 6.07) is 1.80. The summed E-state index contributed by atoms with van der Waals surface area (Å²) < 4.78 is 5.20. The molecule has 0 radical (unpaired) electrons. The Morgan fingerprint density at radius 2 is 2.25 bits per heavy atom. The van der Waals surface area contributed by atoms with Crippen molar-refractivity contribution in [2.24, 2.45) is 0 Å². The van der Waals surface area contributed by atoms with Crippen LogP contribution in [-0.2, 0) is 4.74 Å². The summed E-state index contributed by atoms with van der Waals surface area (Å²) in [6.07, 6.45) is 4.75. The molecule has 0 aliphatic carbocycles. The number of ether oxygens (including phenoxy) is 1. The van der Waals surface area contributed by atoms with Gasteiger partial charge in [-0.3, -0.25) is 10.6 Å². The van der Waals surface area contributed by atoms with Crippen molar-refractivity contribution in [2.45, 2.75) is 12.3 Å². The van der Waals surface area contributed by atoms with E-state index in [0.717, 1.165) is 13.1 Å². The van der Waals surface area contributed by atoms with Gasteiger partial charge in [-0.1, -0.05) is 5.92 Å². The molecule has 0 aromatic carbocycles. The van der Waals surface area contributed by atoms with Gasteiger partial charge in [0.15, 0.2) is 0 Å². The maximum Gasteiger partial charge on any atom is 0.138 e. The number of nitrogens with one attached hydrogen (secondary N) is 2. The zero-order valence-corrected chi connectivity index (χ0v) is 6.71. The first-order valence-electron chi connectivity index (χ1n) is 3.80. The Kier molecular flexibility index (Phi) is 3.56. The number of nitrogens with zero attached hydrogens (tertiary/aromatic N) is 1. The molecular formula is C8H11N3O. The molecule has 0 bridgehead atoms. The van der Waals surface area contributed by atoms with Crippen LogP contribution in [0.15, 0.2) is 0 Å². The second kappa shape index (κ2) is 4.74. The highest BCUT2D eigenvalue weighted by Crippen LogP contribution is 1.98. The molecule has 1 aliphatic heterocycles. The van der Waals surface area contributed by atoms with Gasteiger partial charge in [0, 0.05) is 13.1 Å². The van der Waals surface area contributed by atoms with Crippen LogP contribution < -0.4 is 10.6 Å².